The van der Waals surface area contributed by atoms with Crippen molar-refractivity contribution in [3.63, 3.8) is 0 Å². The van der Waals surface area contributed by atoms with Gasteiger partial charge in [-0.15, -0.1) is 0 Å². The van der Waals surface area contributed by atoms with Crippen LogP contribution in [0, 0.1) is 24.0 Å². The average Bonchev–Trinajstić information content (AvgIpc) is 2.25. The SMILES string of the molecule is Cc1cc(C)c(OCCN=[N+]=[N-])c([N+](=O)[O-])c1. The Kier molecular flexibility index (Phi) is 4.30. The van der Waals surface area contributed by atoms with Crippen LogP contribution in [0.5, 0.6) is 5.75 Å². The summed E-state index contributed by atoms with van der Waals surface area (Å²) in [6.45, 7) is 3.78. The van der Waals surface area contributed by atoms with E-state index in [4.69, 9.17) is 10.3 Å². The molecule has 0 spiro atoms. The maximum Gasteiger partial charge on any atom is 0.311 e. The number of ether oxygens (including phenoxy) is 1. The topological polar surface area (TPSA) is 101 Å². The first kappa shape index (κ1) is 12.8. The van der Waals surface area contributed by atoms with E-state index in [1.807, 2.05) is 0 Å². The molecule has 0 saturated heterocycles. The molecule has 0 unspecified atom stereocenters. The first-order valence-corrected chi connectivity index (χ1v) is 4.95. The van der Waals surface area contributed by atoms with Crippen molar-refractivity contribution in [2.75, 3.05) is 13.2 Å². The Bertz CT molecular complexity index is 481. The summed E-state index contributed by atoms with van der Waals surface area (Å²) < 4.78 is 5.28. The zero-order valence-electron chi connectivity index (χ0n) is 9.58. The number of hydrogen-bond donors (Lipinski definition) is 0. The van der Waals surface area contributed by atoms with Crippen LogP contribution in [0.15, 0.2) is 17.2 Å². The maximum absolute atomic E-state index is 10.9. The number of nitro groups is 1. The Labute approximate surface area is 97.8 Å². The van der Waals surface area contributed by atoms with Crippen molar-refractivity contribution in [2.45, 2.75) is 13.8 Å². The van der Waals surface area contributed by atoms with Gasteiger partial charge in [-0.25, -0.2) is 0 Å². The highest BCUT2D eigenvalue weighted by Gasteiger charge is 2.18. The minimum Gasteiger partial charge on any atom is -0.486 e. The molecule has 0 atom stereocenters. The van der Waals surface area contributed by atoms with Crippen LogP contribution in [-0.4, -0.2) is 18.1 Å². The fourth-order valence-electron chi connectivity index (χ4n) is 1.49. The van der Waals surface area contributed by atoms with Crippen LogP contribution in [0.1, 0.15) is 11.1 Å². The van der Waals surface area contributed by atoms with E-state index in [-0.39, 0.29) is 24.6 Å². The van der Waals surface area contributed by atoms with E-state index in [1.54, 1.807) is 19.9 Å². The molecule has 0 aliphatic heterocycles. The molecule has 0 radical (unpaired) electrons. The van der Waals surface area contributed by atoms with Crippen molar-refractivity contribution in [3.8, 4) is 5.75 Å². The van der Waals surface area contributed by atoms with E-state index < -0.39 is 4.92 Å². The van der Waals surface area contributed by atoms with Gasteiger partial charge in [0, 0.05) is 11.0 Å². The second kappa shape index (κ2) is 5.72. The van der Waals surface area contributed by atoms with Crippen LogP contribution in [0.4, 0.5) is 5.69 Å². The molecule has 7 heteroatoms. The predicted molar refractivity (Wildman–Crippen MR) is 62.1 cm³/mol. The highest BCUT2D eigenvalue weighted by molar-refractivity contribution is 5.53. The summed E-state index contributed by atoms with van der Waals surface area (Å²) in [6, 6.07) is 3.26. The van der Waals surface area contributed by atoms with Gasteiger partial charge in [-0.1, -0.05) is 11.2 Å². The summed E-state index contributed by atoms with van der Waals surface area (Å²) >= 11 is 0. The standard InChI is InChI=1S/C10H12N4O3/c1-7-5-8(2)10(9(6-7)14(15)16)17-4-3-12-13-11/h5-6H,3-4H2,1-2H3. The van der Waals surface area contributed by atoms with Gasteiger partial charge in [0.1, 0.15) is 0 Å². The molecular weight excluding hydrogens is 224 g/mol. The molecule has 1 aromatic carbocycles. The van der Waals surface area contributed by atoms with E-state index in [9.17, 15) is 10.1 Å². The molecule has 7 nitrogen and oxygen atoms in total. The summed E-state index contributed by atoms with van der Waals surface area (Å²) in [5.41, 5.74) is 9.52. The first-order valence-electron chi connectivity index (χ1n) is 4.95. The van der Waals surface area contributed by atoms with E-state index >= 15 is 0 Å². The fraction of sp³-hybridized carbons (Fsp3) is 0.400. The lowest BCUT2D eigenvalue weighted by molar-refractivity contribution is -0.386. The molecule has 0 aliphatic rings. The average molecular weight is 236 g/mol. The lowest BCUT2D eigenvalue weighted by atomic mass is 10.1. The molecule has 0 heterocycles. The third-order valence-corrected chi connectivity index (χ3v) is 2.10. The van der Waals surface area contributed by atoms with Crippen molar-refractivity contribution in [1.29, 1.82) is 0 Å². The van der Waals surface area contributed by atoms with Crippen molar-refractivity contribution < 1.29 is 9.66 Å². The summed E-state index contributed by atoms with van der Waals surface area (Å²) in [7, 11) is 0. The second-order valence-corrected chi connectivity index (χ2v) is 3.49. The number of rotatable bonds is 5. The normalized spacial score (nSPS) is 9.53. The van der Waals surface area contributed by atoms with Gasteiger partial charge in [0.2, 0.25) is 0 Å². The number of aryl methyl sites for hydroxylation is 2. The molecule has 0 saturated carbocycles. The van der Waals surface area contributed by atoms with Crippen molar-refractivity contribution in [1.82, 2.24) is 0 Å². The lowest BCUT2D eigenvalue weighted by Gasteiger charge is -2.09. The van der Waals surface area contributed by atoms with Gasteiger partial charge >= 0.3 is 5.69 Å². The molecule has 17 heavy (non-hydrogen) atoms. The number of nitrogens with zero attached hydrogens (tertiary/aromatic N) is 4. The molecule has 0 aliphatic carbocycles. The van der Waals surface area contributed by atoms with Gasteiger partial charge in [0.15, 0.2) is 5.75 Å². The number of nitro benzene ring substituents is 1. The third-order valence-electron chi connectivity index (χ3n) is 2.10. The molecule has 0 fully saturated rings. The Morgan fingerprint density at radius 2 is 2.24 bits per heavy atom. The van der Waals surface area contributed by atoms with Crippen LogP contribution in [0.2, 0.25) is 0 Å². The van der Waals surface area contributed by atoms with E-state index in [0.29, 0.717) is 5.56 Å². The molecular formula is C10H12N4O3. The number of hydrogen-bond acceptors (Lipinski definition) is 4. The predicted octanol–water partition coefficient (Wildman–Crippen LogP) is 2.90. The van der Waals surface area contributed by atoms with Crippen molar-refractivity contribution >= 4 is 5.69 Å². The molecule has 0 N–H and O–H groups in total. The summed E-state index contributed by atoms with van der Waals surface area (Å²) in [5.74, 6) is 0.230. The largest absolute Gasteiger partial charge is 0.486 e. The minimum atomic E-state index is -0.483. The molecule has 90 valence electrons. The minimum absolute atomic E-state index is 0.0663. The van der Waals surface area contributed by atoms with Crippen molar-refractivity contribution in [3.05, 3.63) is 43.8 Å². The first-order chi connectivity index (χ1) is 8.06. The Morgan fingerprint density at radius 1 is 1.53 bits per heavy atom. The second-order valence-electron chi connectivity index (χ2n) is 3.49. The van der Waals surface area contributed by atoms with Crippen LogP contribution in [-0.2, 0) is 0 Å². The quantitative estimate of drug-likeness (QED) is 0.196. The molecule has 1 aromatic rings. The lowest BCUT2D eigenvalue weighted by Crippen LogP contribution is -2.04. The van der Waals surface area contributed by atoms with Gasteiger partial charge in [-0.2, -0.15) is 0 Å². The molecule has 0 amide bonds. The number of azide groups is 1. The van der Waals surface area contributed by atoms with Crippen LogP contribution >= 0.6 is 0 Å². The van der Waals surface area contributed by atoms with Gasteiger partial charge in [0.05, 0.1) is 18.1 Å². The van der Waals surface area contributed by atoms with Gasteiger partial charge < -0.3 is 4.74 Å². The van der Waals surface area contributed by atoms with E-state index in [2.05, 4.69) is 10.0 Å². The maximum atomic E-state index is 10.9. The molecule has 0 aromatic heterocycles. The van der Waals surface area contributed by atoms with Gasteiger partial charge in [-0.05, 0) is 30.5 Å². The van der Waals surface area contributed by atoms with E-state index in [1.165, 1.54) is 6.07 Å². The summed E-state index contributed by atoms with van der Waals surface area (Å²) in [4.78, 5) is 12.9. The molecule has 1 rings (SSSR count). The smallest absolute Gasteiger partial charge is 0.311 e. The van der Waals surface area contributed by atoms with Crippen LogP contribution in [0.25, 0.3) is 10.4 Å². The zero-order chi connectivity index (χ0) is 12.8. The fourth-order valence-corrected chi connectivity index (χ4v) is 1.49. The van der Waals surface area contributed by atoms with Gasteiger partial charge in [-0.3, -0.25) is 10.1 Å². The van der Waals surface area contributed by atoms with Crippen molar-refractivity contribution in [2.24, 2.45) is 5.11 Å². The summed E-state index contributed by atoms with van der Waals surface area (Å²) in [5, 5.41) is 14.2. The highest BCUT2D eigenvalue weighted by Crippen LogP contribution is 2.31. The monoisotopic (exact) mass is 236 g/mol. The van der Waals surface area contributed by atoms with Crippen LogP contribution < -0.4 is 4.74 Å². The molecule has 0 bridgehead atoms. The van der Waals surface area contributed by atoms with Gasteiger partial charge in [0.25, 0.3) is 0 Å². The third kappa shape index (κ3) is 3.35. The van der Waals surface area contributed by atoms with E-state index in [0.717, 1.165) is 5.56 Å². The summed E-state index contributed by atoms with van der Waals surface area (Å²) in [6.07, 6.45) is 0. The number of benzene rings is 1. The highest BCUT2D eigenvalue weighted by atomic mass is 16.6. The zero-order valence-corrected chi connectivity index (χ0v) is 9.58. The van der Waals surface area contributed by atoms with Crippen LogP contribution in [0.3, 0.4) is 0 Å². The Hall–Kier alpha value is -2.27. The Balaban J connectivity index is 2.96. The Morgan fingerprint density at radius 3 is 2.82 bits per heavy atom.